The molecule has 1 amide bonds. The molecule has 0 fully saturated rings. The smallest absolute Gasteiger partial charge is 0.346 e. The zero-order valence-corrected chi connectivity index (χ0v) is 16.4. The summed E-state index contributed by atoms with van der Waals surface area (Å²) in [6.07, 6.45) is 1.90. The van der Waals surface area contributed by atoms with Gasteiger partial charge in [0.05, 0.1) is 5.69 Å². The third-order valence-electron chi connectivity index (χ3n) is 4.81. The fraction of sp³-hybridized carbons (Fsp3) is 0.130. The number of hydrogen-bond acceptors (Lipinski definition) is 4. The molecule has 0 saturated carbocycles. The molecule has 1 aromatic heterocycles. The quantitative estimate of drug-likeness (QED) is 0.556. The highest BCUT2D eigenvalue weighted by Gasteiger charge is 2.35. The molecule has 0 aliphatic carbocycles. The Morgan fingerprint density at radius 1 is 1.21 bits per heavy atom. The number of hydrogen-bond donors (Lipinski definition) is 2. The second-order valence-electron chi connectivity index (χ2n) is 6.66. The van der Waals surface area contributed by atoms with Gasteiger partial charge in [0.25, 0.3) is 0 Å². The number of ether oxygens (including phenoxy) is 1. The molecule has 0 spiro atoms. The third kappa shape index (κ3) is 3.54. The lowest BCUT2D eigenvalue weighted by Crippen LogP contribution is -2.22. The number of carbonyl (C=O) groups excluding carboxylic acids is 1. The highest BCUT2D eigenvalue weighted by molar-refractivity contribution is 7.15. The van der Waals surface area contributed by atoms with Gasteiger partial charge in [-0.2, -0.15) is 0 Å². The molecule has 2 N–H and O–H groups in total. The first-order chi connectivity index (χ1) is 14.1. The summed E-state index contributed by atoms with van der Waals surface area (Å²) in [4.78, 5) is 25.6. The van der Waals surface area contributed by atoms with Gasteiger partial charge in [-0.05, 0) is 11.6 Å². The fourth-order valence-electron chi connectivity index (χ4n) is 3.62. The van der Waals surface area contributed by atoms with Crippen LogP contribution in [0.1, 0.15) is 32.5 Å². The molecule has 5 nitrogen and oxygen atoms in total. The molecular weight excluding hydrogens is 386 g/mol. The predicted octanol–water partition coefficient (Wildman–Crippen LogP) is 5.15. The Bertz CT molecular complexity index is 1090. The van der Waals surface area contributed by atoms with Crippen molar-refractivity contribution in [1.29, 1.82) is 0 Å². The van der Waals surface area contributed by atoms with Crippen LogP contribution in [0.3, 0.4) is 0 Å². The number of rotatable bonds is 6. The molecule has 2 heterocycles. The van der Waals surface area contributed by atoms with Gasteiger partial charge in [0.1, 0.15) is 17.2 Å². The summed E-state index contributed by atoms with van der Waals surface area (Å²) in [7, 11) is 0. The SMILES string of the molecule is C=CCOc1ccccc1[C@H]1CC(=O)Nc2c1sc(C(=O)O)c2-c1ccccc1. The van der Waals surface area contributed by atoms with Gasteiger partial charge >= 0.3 is 5.97 Å². The van der Waals surface area contributed by atoms with E-state index in [1.54, 1.807) is 6.08 Å². The minimum Gasteiger partial charge on any atom is -0.489 e. The molecule has 6 heteroatoms. The van der Waals surface area contributed by atoms with Gasteiger partial charge < -0.3 is 15.2 Å². The maximum Gasteiger partial charge on any atom is 0.346 e. The molecule has 1 aliphatic rings. The molecule has 3 aromatic rings. The highest BCUT2D eigenvalue weighted by atomic mass is 32.1. The average molecular weight is 405 g/mol. The number of carbonyl (C=O) groups is 2. The molecule has 146 valence electrons. The van der Waals surface area contributed by atoms with E-state index in [2.05, 4.69) is 11.9 Å². The first-order valence-electron chi connectivity index (χ1n) is 9.18. The molecule has 29 heavy (non-hydrogen) atoms. The molecule has 0 unspecified atom stereocenters. The molecule has 1 aliphatic heterocycles. The van der Waals surface area contributed by atoms with Crippen LogP contribution in [0.15, 0.2) is 67.3 Å². The highest BCUT2D eigenvalue weighted by Crippen LogP contribution is 2.50. The topological polar surface area (TPSA) is 75.6 Å². The molecule has 0 bridgehead atoms. The average Bonchev–Trinajstić information content (AvgIpc) is 3.12. The third-order valence-corrected chi connectivity index (χ3v) is 6.11. The minimum absolute atomic E-state index is 0.145. The molecule has 1 atom stereocenters. The number of nitrogens with one attached hydrogen (secondary N) is 1. The minimum atomic E-state index is -1.01. The molecule has 0 saturated heterocycles. The van der Waals surface area contributed by atoms with Crippen LogP contribution in [0, 0.1) is 0 Å². The molecular formula is C23H19NO4S. The van der Waals surface area contributed by atoms with Crippen molar-refractivity contribution >= 4 is 28.9 Å². The lowest BCUT2D eigenvalue weighted by molar-refractivity contribution is -0.116. The molecule has 4 rings (SSSR count). The Morgan fingerprint density at radius 3 is 2.66 bits per heavy atom. The van der Waals surface area contributed by atoms with Crippen molar-refractivity contribution in [3.8, 4) is 16.9 Å². The van der Waals surface area contributed by atoms with Crippen LogP contribution in [-0.2, 0) is 4.79 Å². The zero-order chi connectivity index (χ0) is 20.4. The number of amides is 1. The van der Waals surface area contributed by atoms with Crippen molar-refractivity contribution in [2.75, 3.05) is 11.9 Å². The first kappa shape index (κ1) is 19.0. The maximum atomic E-state index is 12.6. The predicted molar refractivity (Wildman–Crippen MR) is 114 cm³/mol. The van der Waals surface area contributed by atoms with E-state index in [1.165, 1.54) is 11.3 Å². The summed E-state index contributed by atoms with van der Waals surface area (Å²) in [6.45, 7) is 4.03. The number of benzene rings is 2. The second kappa shape index (κ2) is 7.93. The van der Waals surface area contributed by atoms with E-state index in [4.69, 9.17) is 4.74 Å². The van der Waals surface area contributed by atoms with E-state index in [1.807, 2.05) is 54.6 Å². The Kier molecular flexibility index (Phi) is 5.18. The Balaban J connectivity index is 1.90. The Morgan fingerprint density at radius 2 is 1.93 bits per heavy atom. The van der Waals surface area contributed by atoms with E-state index in [0.29, 0.717) is 23.6 Å². The van der Waals surface area contributed by atoms with E-state index >= 15 is 0 Å². The van der Waals surface area contributed by atoms with Crippen LogP contribution in [-0.4, -0.2) is 23.6 Å². The van der Waals surface area contributed by atoms with Crippen molar-refractivity contribution in [1.82, 2.24) is 0 Å². The summed E-state index contributed by atoms with van der Waals surface area (Å²) in [5.74, 6) is -0.759. The van der Waals surface area contributed by atoms with Crippen LogP contribution in [0.2, 0.25) is 0 Å². The standard InChI is InChI=1S/C23H19NO4S/c1-2-12-28-17-11-7-6-10-15(17)16-13-18(25)24-20-19(14-8-4-3-5-9-14)22(23(26)27)29-21(16)20/h2-11,16H,1,12-13H2,(H,24,25)(H,26,27)/t16-/m1/s1. The van der Waals surface area contributed by atoms with Gasteiger partial charge in [-0.25, -0.2) is 4.79 Å². The van der Waals surface area contributed by atoms with Crippen molar-refractivity contribution in [3.05, 3.63) is 82.6 Å². The van der Waals surface area contributed by atoms with Gasteiger partial charge in [-0.15, -0.1) is 11.3 Å². The number of aromatic carboxylic acids is 1. The Labute approximate surface area is 172 Å². The van der Waals surface area contributed by atoms with Crippen LogP contribution in [0.4, 0.5) is 5.69 Å². The summed E-state index contributed by atoms with van der Waals surface area (Å²) in [6, 6.07) is 16.8. The van der Waals surface area contributed by atoms with Gasteiger partial charge in [-0.1, -0.05) is 61.2 Å². The van der Waals surface area contributed by atoms with Gasteiger partial charge in [0.15, 0.2) is 0 Å². The number of thiophene rings is 1. The molecule has 0 radical (unpaired) electrons. The van der Waals surface area contributed by atoms with Crippen LogP contribution in [0.5, 0.6) is 5.75 Å². The Hall–Kier alpha value is -3.38. The van der Waals surface area contributed by atoms with Crippen LogP contribution in [0.25, 0.3) is 11.1 Å². The number of anilines is 1. The van der Waals surface area contributed by atoms with Crippen molar-refractivity contribution < 1.29 is 19.4 Å². The van der Waals surface area contributed by atoms with E-state index in [9.17, 15) is 14.7 Å². The summed E-state index contributed by atoms with van der Waals surface area (Å²) in [5.41, 5.74) is 2.77. The maximum absolute atomic E-state index is 12.6. The van der Waals surface area contributed by atoms with E-state index < -0.39 is 5.97 Å². The number of fused-ring (bicyclic) bond motifs is 1. The number of carboxylic acid groups (broad SMARTS) is 1. The van der Waals surface area contributed by atoms with Crippen LogP contribution < -0.4 is 10.1 Å². The van der Waals surface area contributed by atoms with E-state index in [0.717, 1.165) is 16.0 Å². The fourth-order valence-corrected chi connectivity index (χ4v) is 4.85. The normalized spacial score (nSPS) is 15.3. The lowest BCUT2D eigenvalue weighted by atomic mass is 9.88. The van der Waals surface area contributed by atoms with Gasteiger partial charge in [-0.3, -0.25) is 4.79 Å². The van der Waals surface area contributed by atoms with Crippen LogP contribution >= 0.6 is 11.3 Å². The van der Waals surface area contributed by atoms with Gasteiger partial charge in [0.2, 0.25) is 5.91 Å². The van der Waals surface area contributed by atoms with Crippen molar-refractivity contribution in [2.24, 2.45) is 0 Å². The largest absolute Gasteiger partial charge is 0.489 e. The number of para-hydroxylation sites is 1. The van der Waals surface area contributed by atoms with Crippen molar-refractivity contribution in [3.63, 3.8) is 0 Å². The second-order valence-corrected chi connectivity index (χ2v) is 7.71. The van der Waals surface area contributed by atoms with Gasteiger partial charge in [0, 0.05) is 28.3 Å². The monoisotopic (exact) mass is 405 g/mol. The lowest BCUT2D eigenvalue weighted by Gasteiger charge is -2.25. The number of carboxylic acids is 1. The van der Waals surface area contributed by atoms with E-state index in [-0.39, 0.29) is 23.1 Å². The summed E-state index contributed by atoms with van der Waals surface area (Å²) in [5, 5.41) is 12.7. The summed E-state index contributed by atoms with van der Waals surface area (Å²) >= 11 is 1.21. The molecule has 2 aromatic carbocycles. The van der Waals surface area contributed by atoms with Crippen molar-refractivity contribution in [2.45, 2.75) is 12.3 Å². The first-order valence-corrected chi connectivity index (χ1v) is 9.99. The zero-order valence-electron chi connectivity index (χ0n) is 15.6. The summed E-state index contributed by atoms with van der Waals surface area (Å²) < 4.78 is 5.80.